The summed E-state index contributed by atoms with van der Waals surface area (Å²) in [5.74, 6) is 0.0813. The highest BCUT2D eigenvalue weighted by atomic mass is 16.5. The standard InChI is InChI=1S/C10H21NO4/c1-9(12)10(11-2)8-15-7-6-14-5-4-13-3/h10-11H,4-8H2,1-3H3/t10-/m0/s1. The van der Waals surface area contributed by atoms with Gasteiger partial charge in [-0.15, -0.1) is 0 Å². The molecule has 0 amide bonds. The van der Waals surface area contributed by atoms with Gasteiger partial charge in [-0.3, -0.25) is 4.79 Å². The molecule has 5 nitrogen and oxygen atoms in total. The zero-order valence-electron chi connectivity index (χ0n) is 9.75. The molecular weight excluding hydrogens is 198 g/mol. The number of hydrogen-bond donors (Lipinski definition) is 1. The lowest BCUT2D eigenvalue weighted by molar-refractivity contribution is -0.120. The first-order chi connectivity index (χ1) is 7.22. The van der Waals surface area contributed by atoms with Crippen molar-refractivity contribution in [2.75, 3.05) is 47.2 Å². The molecule has 0 aromatic carbocycles. The minimum Gasteiger partial charge on any atom is -0.382 e. The molecule has 0 rings (SSSR count). The molecule has 1 atom stereocenters. The van der Waals surface area contributed by atoms with E-state index in [2.05, 4.69) is 5.32 Å². The Morgan fingerprint density at radius 2 is 1.80 bits per heavy atom. The smallest absolute Gasteiger partial charge is 0.149 e. The van der Waals surface area contributed by atoms with Crippen molar-refractivity contribution in [3.63, 3.8) is 0 Å². The minimum atomic E-state index is -0.219. The zero-order chi connectivity index (χ0) is 11.5. The van der Waals surface area contributed by atoms with Crippen molar-refractivity contribution >= 4 is 5.78 Å². The fourth-order valence-corrected chi connectivity index (χ4v) is 0.967. The summed E-state index contributed by atoms with van der Waals surface area (Å²) in [7, 11) is 3.37. The van der Waals surface area contributed by atoms with Gasteiger partial charge in [-0.05, 0) is 14.0 Å². The van der Waals surface area contributed by atoms with Crippen molar-refractivity contribution in [3.05, 3.63) is 0 Å². The first-order valence-electron chi connectivity index (χ1n) is 5.04. The molecule has 0 saturated carbocycles. The number of Topliss-reactive ketones (excluding diaryl/α,β-unsaturated/α-hetero) is 1. The second-order valence-electron chi connectivity index (χ2n) is 3.13. The van der Waals surface area contributed by atoms with Gasteiger partial charge in [0, 0.05) is 7.11 Å². The van der Waals surface area contributed by atoms with Crippen LogP contribution in [0.4, 0.5) is 0 Å². The van der Waals surface area contributed by atoms with E-state index in [0.29, 0.717) is 33.0 Å². The molecule has 0 heterocycles. The van der Waals surface area contributed by atoms with Gasteiger partial charge in [0.25, 0.3) is 0 Å². The van der Waals surface area contributed by atoms with Crippen LogP contribution >= 0.6 is 0 Å². The maximum absolute atomic E-state index is 11.0. The molecular formula is C10H21NO4. The molecule has 0 spiro atoms. The number of ketones is 1. The van der Waals surface area contributed by atoms with E-state index in [1.165, 1.54) is 0 Å². The predicted molar refractivity (Wildman–Crippen MR) is 57.0 cm³/mol. The third-order valence-electron chi connectivity index (χ3n) is 1.93. The van der Waals surface area contributed by atoms with Gasteiger partial charge in [0.2, 0.25) is 0 Å². The van der Waals surface area contributed by atoms with Crippen LogP contribution in [0.25, 0.3) is 0 Å². The topological polar surface area (TPSA) is 56.8 Å². The van der Waals surface area contributed by atoms with Crippen molar-refractivity contribution in [1.82, 2.24) is 5.32 Å². The Balaban J connectivity index is 3.25. The Hall–Kier alpha value is -0.490. The summed E-state index contributed by atoms with van der Waals surface area (Å²) in [6.45, 7) is 4.11. The van der Waals surface area contributed by atoms with Crippen LogP contribution in [0.1, 0.15) is 6.92 Å². The molecule has 0 bridgehead atoms. The molecule has 0 saturated heterocycles. The second-order valence-corrected chi connectivity index (χ2v) is 3.13. The van der Waals surface area contributed by atoms with E-state index in [1.807, 2.05) is 0 Å². The lowest BCUT2D eigenvalue weighted by Gasteiger charge is -2.12. The minimum absolute atomic E-state index is 0.0813. The van der Waals surface area contributed by atoms with Crippen molar-refractivity contribution in [1.29, 1.82) is 0 Å². The Labute approximate surface area is 91.1 Å². The third-order valence-corrected chi connectivity index (χ3v) is 1.93. The van der Waals surface area contributed by atoms with Crippen LogP contribution in [0.5, 0.6) is 0 Å². The number of nitrogens with one attached hydrogen (secondary N) is 1. The summed E-state index contributed by atoms with van der Waals surface area (Å²) in [6, 6.07) is -0.219. The highest BCUT2D eigenvalue weighted by Crippen LogP contribution is 1.88. The fourth-order valence-electron chi connectivity index (χ4n) is 0.967. The van der Waals surface area contributed by atoms with Crippen LogP contribution in [-0.4, -0.2) is 59.0 Å². The molecule has 0 aromatic rings. The first kappa shape index (κ1) is 14.5. The van der Waals surface area contributed by atoms with Crippen molar-refractivity contribution in [2.45, 2.75) is 13.0 Å². The van der Waals surface area contributed by atoms with E-state index in [9.17, 15) is 4.79 Å². The Bertz CT molecular complexity index is 164. The molecule has 15 heavy (non-hydrogen) atoms. The third kappa shape index (κ3) is 8.50. The highest BCUT2D eigenvalue weighted by Gasteiger charge is 2.10. The molecule has 0 aromatic heterocycles. The number of rotatable bonds is 10. The van der Waals surface area contributed by atoms with Crippen LogP contribution in [0.15, 0.2) is 0 Å². The number of carbonyl (C=O) groups is 1. The number of hydrogen-bond acceptors (Lipinski definition) is 5. The molecule has 0 radical (unpaired) electrons. The summed E-state index contributed by atoms with van der Waals surface area (Å²) < 4.78 is 15.3. The number of ether oxygens (including phenoxy) is 3. The van der Waals surface area contributed by atoms with E-state index in [0.717, 1.165) is 0 Å². The van der Waals surface area contributed by atoms with Gasteiger partial charge < -0.3 is 19.5 Å². The lowest BCUT2D eigenvalue weighted by atomic mass is 10.2. The number of carbonyl (C=O) groups excluding carboxylic acids is 1. The number of likely N-dealkylation sites (N-methyl/N-ethyl adjacent to an activating group) is 1. The van der Waals surface area contributed by atoms with E-state index in [-0.39, 0.29) is 11.8 Å². The SMILES string of the molecule is CN[C@@H](COCCOCCOC)C(C)=O. The summed E-state index contributed by atoms with van der Waals surface area (Å²) in [4.78, 5) is 11.0. The van der Waals surface area contributed by atoms with Gasteiger partial charge in [0.1, 0.15) is 5.78 Å². The van der Waals surface area contributed by atoms with Gasteiger partial charge >= 0.3 is 0 Å². The van der Waals surface area contributed by atoms with Crippen LogP contribution in [0.3, 0.4) is 0 Å². The summed E-state index contributed by atoms with van der Waals surface area (Å²) in [5, 5.41) is 2.88. The lowest BCUT2D eigenvalue weighted by Crippen LogP contribution is -2.37. The Morgan fingerprint density at radius 1 is 1.20 bits per heavy atom. The molecule has 1 N–H and O–H groups in total. The maximum atomic E-state index is 11.0. The van der Waals surface area contributed by atoms with E-state index in [1.54, 1.807) is 21.1 Å². The molecule has 0 aliphatic carbocycles. The average molecular weight is 219 g/mol. The van der Waals surface area contributed by atoms with Gasteiger partial charge in [-0.2, -0.15) is 0 Å². The first-order valence-corrected chi connectivity index (χ1v) is 5.04. The highest BCUT2D eigenvalue weighted by molar-refractivity contribution is 5.81. The van der Waals surface area contributed by atoms with Crippen LogP contribution < -0.4 is 5.32 Å². The van der Waals surface area contributed by atoms with Gasteiger partial charge in [0.15, 0.2) is 0 Å². The van der Waals surface area contributed by atoms with E-state index >= 15 is 0 Å². The van der Waals surface area contributed by atoms with Crippen LogP contribution in [0, 0.1) is 0 Å². The molecule has 0 aliphatic rings. The predicted octanol–water partition coefficient (Wildman–Crippen LogP) is -0.157. The summed E-state index contributed by atoms with van der Waals surface area (Å²) in [6.07, 6.45) is 0. The van der Waals surface area contributed by atoms with Gasteiger partial charge in [-0.1, -0.05) is 0 Å². The molecule has 0 aliphatic heterocycles. The molecule has 0 fully saturated rings. The Morgan fingerprint density at radius 3 is 2.33 bits per heavy atom. The van der Waals surface area contributed by atoms with E-state index in [4.69, 9.17) is 14.2 Å². The monoisotopic (exact) mass is 219 g/mol. The quantitative estimate of drug-likeness (QED) is 0.518. The second kappa shape index (κ2) is 10.0. The molecule has 0 unspecified atom stereocenters. The van der Waals surface area contributed by atoms with Gasteiger partial charge in [-0.25, -0.2) is 0 Å². The number of methoxy groups -OCH3 is 1. The van der Waals surface area contributed by atoms with E-state index < -0.39 is 0 Å². The van der Waals surface area contributed by atoms with Crippen molar-refractivity contribution in [3.8, 4) is 0 Å². The fraction of sp³-hybridized carbons (Fsp3) is 0.900. The summed E-state index contributed by atoms with van der Waals surface area (Å²) in [5.41, 5.74) is 0. The normalized spacial score (nSPS) is 12.7. The van der Waals surface area contributed by atoms with Crippen LogP contribution in [0.2, 0.25) is 0 Å². The maximum Gasteiger partial charge on any atom is 0.149 e. The van der Waals surface area contributed by atoms with Gasteiger partial charge in [0.05, 0.1) is 39.1 Å². The summed E-state index contributed by atoms with van der Waals surface area (Å²) >= 11 is 0. The van der Waals surface area contributed by atoms with Crippen molar-refractivity contribution in [2.24, 2.45) is 0 Å². The largest absolute Gasteiger partial charge is 0.382 e. The zero-order valence-corrected chi connectivity index (χ0v) is 9.75. The molecule has 5 heteroatoms. The van der Waals surface area contributed by atoms with Crippen molar-refractivity contribution < 1.29 is 19.0 Å². The van der Waals surface area contributed by atoms with Crippen LogP contribution in [-0.2, 0) is 19.0 Å². The average Bonchev–Trinajstić information content (AvgIpc) is 2.21. The Kier molecular flexibility index (Phi) is 9.71. The molecule has 90 valence electrons.